The van der Waals surface area contributed by atoms with Crippen LogP contribution >= 0.6 is 15.9 Å². The third-order valence-corrected chi connectivity index (χ3v) is 6.53. The van der Waals surface area contributed by atoms with Gasteiger partial charge in [0.25, 0.3) is 0 Å². The predicted octanol–water partition coefficient (Wildman–Crippen LogP) is 3.31. The maximum absolute atomic E-state index is 13.6. The fourth-order valence-corrected chi connectivity index (χ4v) is 5.27. The average molecular weight is 335 g/mol. The SMILES string of the molecule is Cc1cc(C(Br)C2CCS(=O)(=O)C2)cc(C)c1F. The van der Waals surface area contributed by atoms with Crippen LogP contribution in [-0.4, -0.2) is 19.9 Å². The molecule has 1 aliphatic heterocycles. The number of sulfone groups is 1. The second kappa shape index (κ2) is 4.93. The van der Waals surface area contributed by atoms with Gasteiger partial charge in [-0.25, -0.2) is 12.8 Å². The van der Waals surface area contributed by atoms with Crippen LogP contribution in [-0.2, 0) is 9.84 Å². The normalized spacial score (nSPS) is 24.1. The molecule has 1 fully saturated rings. The molecule has 0 amide bonds. The number of alkyl halides is 1. The van der Waals surface area contributed by atoms with Crippen molar-refractivity contribution >= 4 is 25.8 Å². The Morgan fingerprint density at radius 2 is 1.89 bits per heavy atom. The van der Waals surface area contributed by atoms with Crippen molar-refractivity contribution in [2.75, 3.05) is 11.5 Å². The number of halogens is 2. The molecule has 0 saturated carbocycles. The van der Waals surface area contributed by atoms with E-state index in [0.717, 1.165) is 5.56 Å². The first kappa shape index (κ1) is 14.0. The van der Waals surface area contributed by atoms with Crippen LogP contribution in [0.2, 0.25) is 0 Å². The quantitative estimate of drug-likeness (QED) is 0.777. The lowest BCUT2D eigenvalue weighted by atomic mass is 9.96. The van der Waals surface area contributed by atoms with E-state index >= 15 is 0 Å². The summed E-state index contributed by atoms with van der Waals surface area (Å²) in [7, 11) is -2.88. The minimum atomic E-state index is -2.88. The van der Waals surface area contributed by atoms with Gasteiger partial charge in [0.05, 0.1) is 11.5 Å². The van der Waals surface area contributed by atoms with Crippen LogP contribution in [0.5, 0.6) is 0 Å². The number of benzene rings is 1. The van der Waals surface area contributed by atoms with Crippen molar-refractivity contribution in [1.82, 2.24) is 0 Å². The Bertz CT molecular complexity index is 545. The van der Waals surface area contributed by atoms with E-state index < -0.39 is 9.84 Å². The summed E-state index contributed by atoms with van der Waals surface area (Å²) < 4.78 is 36.5. The molecule has 1 saturated heterocycles. The fourth-order valence-electron chi connectivity index (χ4n) is 2.47. The highest BCUT2D eigenvalue weighted by atomic mass is 79.9. The van der Waals surface area contributed by atoms with E-state index in [0.29, 0.717) is 17.5 Å². The predicted molar refractivity (Wildman–Crippen MR) is 74.3 cm³/mol. The molecular weight excluding hydrogens is 319 g/mol. The van der Waals surface area contributed by atoms with Gasteiger partial charge in [0.2, 0.25) is 0 Å². The van der Waals surface area contributed by atoms with Crippen LogP contribution in [0, 0.1) is 25.6 Å². The molecule has 2 nitrogen and oxygen atoms in total. The molecule has 2 rings (SSSR count). The number of hydrogen-bond acceptors (Lipinski definition) is 2. The Hall–Kier alpha value is -0.420. The summed E-state index contributed by atoms with van der Waals surface area (Å²) >= 11 is 3.57. The van der Waals surface area contributed by atoms with E-state index in [1.807, 2.05) is 0 Å². The van der Waals surface area contributed by atoms with Crippen molar-refractivity contribution in [3.8, 4) is 0 Å². The van der Waals surface area contributed by atoms with E-state index in [4.69, 9.17) is 0 Å². The molecule has 5 heteroatoms. The highest BCUT2D eigenvalue weighted by Crippen LogP contribution is 2.38. The molecule has 100 valence electrons. The van der Waals surface area contributed by atoms with Gasteiger partial charge < -0.3 is 0 Å². The third kappa shape index (κ3) is 2.77. The largest absolute Gasteiger partial charge is 0.229 e. The lowest BCUT2D eigenvalue weighted by Crippen LogP contribution is -2.10. The standard InChI is InChI=1S/C13H16BrFO2S/c1-8-5-11(6-9(2)13(8)15)12(14)10-3-4-18(16,17)7-10/h5-6,10,12H,3-4,7H2,1-2H3. The smallest absolute Gasteiger partial charge is 0.150 e. The fraction of sp³-hybridized carbons (Fsp3) is 0.538. The van der Waals surface area contributed by atoms with Gasteiger partial charge in [-0.15, -0.1) is 0 Å². The van der Waals surface area contributed by atoms with Crippen molar-refractivity contribution in [3.63, 3.8) is 0 Å². The number of hydrogen-bond donors (Lipinski definition) is 0. The first-order valence-electron chi connectivity index (χ1n) is 5.91. The summed E-state index contributed by atoms with van der Waals surface area (Å²) in [5.74, 6) is 0.383. The summed E-state index contributed by atoms with van der Waals surface area (Å²) in [6.07, 6.45) is 0.674. The average Bonchev–Trinajstić information content (AvgIpc) is 2.65. The van der Waals surface area contributed by atoms with Crippen LogP contribution in [0.4, 0.5) is 4.39 Å². The first-order valence-corrected chi connectivity index (χ1v) is 8.65. The van der Waals surface area contributed by atoms with E-state index in [2.05, 4.69) is 15.9 Å². The van der Waals surface area contributed by atoms with Crippen LogP contribution in [0.25, 0.3) is 0 Å². The van der Waals surface area contributed by atoms with Crippen molar-refractivity contribution in [2.45, 2.75) is 25.1 Å². The van der Waals surface area contributed by atoms with Crippen LogP contribution < -0.4 is 0 Å². The van der Waals surface area contributed by atoms with Crippen molar-refractivity contribution < 1.29 is 12.8 Å². The maximum atomic E-state index is 13.6. The lowest BCUT2D eigenvalue weighted by molar-refractivity contribution is 0.575. The molecule has 1 aliphatic rings. The molecule has 0 aromatic heterocycles. The highest BCUT2D eigenvalue weighted by Gasteiger charge is 2.33. The topological polar surface area (TPSA) is 34.1 Å². The second-order valence-electron chi connectivity index (χ2n) is 5.03. The lowest BCUT2D eigenvalue weighted by Gasteiger charge is -2.18. The van der Waals surface area contributed by atoms with E-state index in [1.54, 1.807) is 26.0 Å². The van der Waals surface area contributed by atoms with Crippen LogP contribution in [0.3, 0.4) is 0 Å². The zero-order chi connectivity index (χ0) is 13.5. The molecule has 2 unspecified atom stereocenters. The molecular formula is C13H16BrFO2S. The summed E-state index contributed by atoms with van der Waals surface area (Å²) in [5, 5.41) is 0. The minimum absolute atomic E-state index is 0.0206. The first-order chi connectivity index (χ1) is 8.30. The van der Waals surface area contributed by atoms with Crippen molar-refractivity contribution in [2.24, 2.45) is 5.92 Å². The Morgan fingerprint density at radius 3 is 2.33 bits per heavy atom. The summed E-state index contributed by atoms with van der Waals surface area (Å²) in [6, 6.07) is 3.60. The van der Waals surface area contributed by atoms with Gasteiger partial charge >= 0.3 is 0 Å². The highest BCUT2D eigenvalue weighted by molar-refractivity contribution is 9.09. The molecule has 0 N–H and O–H groups in total. The molecule has 18 heavy (non-hydrogen) atoms. The molecule has 0 radical (unpaired) electrons. The number of rotatable bonds is 2. The van der Waals surface area contributed by atoms with E-state index in [1.165, 1.54) is 0 Å². The summed E-state index contributed by atoms with van der Waals surface area (Å²) in [5.41, 5.74) is 2.18. The van der Waals surface area contributed by atoms with E-state index in [9.17, 15) is 12.8 Å². The van der Waals surface area contributed by atoms with Gasteiger partial charge in [-0.2, -0.15) is 0 Å². The minimum Gasteiger partial charge on any atom is -0.229 e. The molecule has 2 atom stereocenters. The van der Waals surface area contributed by atoms with Crippen molar-refractivity contribution in [3.05, 3.63) is 34.6 Å². The summed E-state index contributed by atoms with van der Waals surface area (Å²) in [6.45, 7) is 3.47. The Labute approximate surface area is 116 Å². The number of aryl methyl sites for hydroxylation is 2. The van der Waals surface area contributed by atoms with Gasteiger partial charge in [0.15, 0.2) is 9.84 Å². The van der Waals surface area contributed by atoms with Crippen LogP contribution in [0.15, 0.2) is 12.1 Å². The van der Waals surface area contributed by atoms with Crippen molar-refractivity contribution in [1.29, 1.82) is 0 Å². The molecule has 1 heterocycles. The van der Waals surface area contributed by atoms with Gasteiger partial charge in [-0.3, -0.25) is 0 Å². The monoisotopic (exact) mass is 334 g/mol. The second-order valence-corrected chi connectivity index (χ2v) is 8.25. The molecule has 1 aromatic carbocycles. The molecule has 0 bridgehead atoms. The Morgan fingerprint density at radius 1 is 1.33 bits per heavy atom. The Kier molecular flexibility index (Phi) is 3.83. The van der Waals surface area contributed by atoms with E-state index in [-0.39, 0.29) is 28.1 Å². The Balaban J connectivity index is 2.27. The van der Waals surface area contributed by atoms with Gasteiger partial charge in [0.1, 0.15) is 5.82 Å². The zero-order valence-electron chi connectivity index (χ0n) is 10.4. The van der Waals surface area contributed by atoms with Gasteiger partial charge in [-0.1, -0.05) is 28.1 Å². The van der Waals surface area contributed by atoms with Gasteiger partial charge in [-0.05, 0) is 42.9 Å². The van der Waals surface area contributed by atoms with Crippen LogP contribution in [0.1, 0.15) is 27.9 Å². The maximum Gasteiger partial charge on any atom is 0.150 e. The van der Waals surface area contributed by atoms with Gasteiger partial charge in [0, 0.05) is 4.83 Å². The summed E-state index contributed by atoms with van der Waals surface area (Å²) in [4.78, 5) is -0.0206. The molecule has 0 aliphatic carbocycles. The molecule has 1 aromatic rings. The molecule has 0 spiro atoms. The third-order valence-electron chi connectivity index (χ3n) is 3.46. The zero-order valence-corrected chi connectivity index (χ0v) is 12.8.